The summed E-state index contributed by atoms with van der Waals surface area (Å²) in [5.74, 6) is 2.79. The highest BCUT2D eigenvalue weighted by molar-refractivity contribution is 7.19. The van der Waals surface area contributed by atoms with Crippen molar-refractivity contribution >= 4 is 50.4 Å². The predicted octanol–water partition coefficient (Wildman–Crippen LogP) is 8.23. The largest absolute Gasteiger partial charge is 0.497 e. The van der Waals surface area contributed by atoms with Gasteiger partial charge in [-0.3, -0.25) is 0 Å². The molecule has 10 heteroatoms. The molecule has 0 fully saturated rings. The number of halogens is 2. The van der Waals surface area contributed by atoms with Crippen molar-refractivity contribution in [1.29, 1.82) is 0 Å². The molecule has 0 bridgehead atoms. The first kappa shape index (κ1) is 24.8. The quantitative estimate of drug-likeness (QED) is 0.196. The lowest BCUT2D eigenvalue weighted by atomic mass is 10.1. The lowest BCUT2D eigenvalue weighted by Gasteiger charge is -2.07. The average molecular weight is 584 g/mol. The Balaban J connectivity index is 1.29. The highest BCUT2D eigenvalue weighted by Gasteiger charge is 2.19. The maximum atomic E-state index is 6.41. The van der Waals surface area contributed by atoms with Crippen molar-refractivity contribution in [3.8, 4) is 39.1 Å². The van der Waals surface area contributed by atoms with Gasteiger partial charge in [0.05, 0.1) is 17.6 Å². The molecule has 0 saturated carbocycles. The zero-order valence-electron chi connectivity index (χ0n) is 21.0. The van der Waals surface area contributed by atoms with Gasteiger partial charge in [0.2, 0.25) is 4.96 Å². The summed E-state index contributed by atoms with van der Waals surface area (Å²) in [5.41, 5.74) is 4.26. The fourth-order valence-corrected chi connectivity index (χ4v) is 5.86. The number of ether oxygens (including phenoxy) is 1. The Labute approximate surface area is 242 Å². The Morgan fingerprint density at radius 3 is 2.55 bits per heavy atom. The van der Waals surface area contributed by atoms with Gasteiger partial charge < -0.3 is 9.15 Å². The fourth-order valence-electron chi connectivity index (χ4n) is 4.59. The monoisotopic (exact) mass is 583 g/mol. The standard InChI is InChI=1S/C30H19Cl2N5O2S/c1-38-19-9-6-17(7-10-19)14-28-34-35-30-37(28)36-29(40-30)21-16-25(33-24-5-3-2-4-20(21)24)27-13-12-26(39-27)22-15-18(31)8-11-23(22)32/h2-13,15-16H,14H2,1H3. The molecule has 40 heavy (non-hydrogen) atoms. The number of methoxy groups -OCH3 is 1. The van der Waals surface area contributed by atoms with Crippen LogP contribution in [0.5, 0.6) is 5.75 Å². The molecule has 4 heterocycles. The molecule has 0 aliphatic carbocycles. The summed E-state index contributed by atoms with van der Waals surface area (Å²) in [7, 11) is 1.65. The molecule has 0 aliphatic rings. The summed E-state index contributed by atoms with van der Waals surface area (Å²) < 4.78 is 13.3. The number of benzene rings is 3. The van der Waals surface area contributed by atoms with Crippen LogP contribution in [-0.4, -0.2) is 31.9 Å². The van der Waals surface area contributed by atoms with Crippen molar-refractivity contribution in [2.75, 3.05) is 7.11 Å². The number of fused-ring (bicyclic) bond motifs is 2. The Hall–Kier alpha value is -4.24. The first-order valence-corrected chi connectivity index (χ1v) is 13.9. The summed E-state index contributed by atoms with van der Waals surface area (Å²) in [6, 6.07) is 26.9. The molecule has 0 spiro atoms. The van der Waals surface area contributed by atoms with Crippen LogP contribution in [-0.2, 0) is 6.42 Å². The first-order chi connectivity index (χ1) is 19.6. The van der Waals surface area contributed by atoms with Crippen LogP contribution in [0.3, 0.4) is 0 Å². The van der Waals surface area contributed by atoms with Crippen molar-refractivity contribution in [1.82, 2.24) is 24.8 Å². The fraction of sp³-hybridized carbons (Fsp3) is 0.0667. The van der Waals surface area contributed by atoms with Crippen LogP contribution < -0.4 is 4.74 Å². The second-order valence-corrected chi connectivity index (χ2v) is 10.9. The molecule has 196 valence electrons. The molecular formula is C30H19Cl2N5O2S. The Morgan fingerprint density at radius 2 is 1.70 bits per heavy atom. The Bertz CT molecular complexity index is 2010. The van der Waals surface area contributed by atoms with Crippen LogP contribution >= 0.6 is 34.5 Å². The van der Waals surface area contributed by atoms with Crippen molar-refractivity contribution < 1.29 is 9.15 Å². The van der Waals surface area contributed by atoms with Gasteiger partial charge in [0.25, 0.3) is 0 Å². The minimum Gasteiger partial charge on any atom is -0.497 e. The topological polar surface area (TPSA) is 78.3 Å². The number of para-hydroxylation sites is 1. The maximum Gasteiger partial charge on any atom is 0.234 e. The molecule has 0 radical (unpaired) electrons. The number of hydrogen-bond donors (Lipinski definition) is 0. The maximum absolute atomic E-state index is 6.41. The van der Waals surface area contributed by atoms with Gasteiger partial charge in [-0.1, -0.05) is 64.9 Å². The van der Waals surface area contributed by atoms with Crippen molar-refractivity contribution in [2.45, 2.75) is 6.42 Å². The van der Waals surface area contributed by atoms with E-state index in [1.807, 2.05) is 71.2 Å². The number of rotatable bonds is 6. The van der Waals surface area contributed by atoms with E-state index in [1.165, 1.54) is 11.3 Å². The van der Waals surface area contributed by atoms with E-state index < -0.39 is 0 Å². The zero-order valence-corrected chi connectivity index (χ0v) is 23.3. The van der Waals surface area contributed by atoms with E-state index in [1.54, 1.807) is 25.3 Å². The molecule has 7 aromatic rings. The zero-order chi connectivity index (χ0) is 27.2. The first-order valence-electron chi connectivity index (χ1n) is 12.4. The van der Waals surface area contributed by atoms with Crippen molar-refractivity contribution in [2.24, 2.45) is 0 Å². The van der Waals surface area contributed by atoms with E-state index in [-0.39, 0.29) is 0 Å². The number of aromatic nitrogens is 5. The molecule has 0 unspecified atom stereocenters. The second kappa shape index (κ2) is 10.1. The van der Waals surface area contributed by atoms with Crippen LogP contribution in [0.15, 0.2) is 89.3 Å². The van der Waals surface area contributed by atoms with Crippen molar-refractivity contribution in [3.63, 3.8) is 0 Å². The summed E-state index contributed by atoms with van der Waals surface area (Å²) >= 11 is 14.1. The Kier molecular flexibility index (Phi) is 6.23. The predicted molar refractivity (Wildman–Crippen MR) is 158 cm³/mol. The highest BCUT2D eigenvalue weighted by atomic mass is 35.5. The molecular weight excluding hydrogens is 565 g/mol. The second-order valence-electron chi connectivity index (χ2n) is 9.10. The van der Waals surface area contributed by atoms with Crippen LogP contribution in [0.25, 0.3) is 49.2 Å². The lowest BCUT2D eigenvalue weighted by Crippen LogP contribution is -1.98. The molecule has 7 rings (SSSR count). The third kappa shape index (κ3) is 4.50. The normalized spacial score (nSPS) is 11.5. The van der Waals surface area contributed by atoms with Gasteiger partial charge in [0.15, 0.2) is 11.6 Å². The third-order valence-electron chi connectivity index (χ3n) is 6.58. The lowest BCUT2D eigenvalue weighted by molar-refractivity contribution is 0.414. The van der Waals surface area contributed by atoms with Crippen LogP contribution in [0, 0.1) is 0 Å². The number of furan rings is 1. The van der Waals surface area contributed by atoms with Crippen molar-refractivity contribution in [3.05, 3.63) is 106 Å². The van der Waals surface area contributed by atoms with Gasteiger partial charge in [0.1, 0.15) is 22.2 Å². The molecule has 0 atom stereocenters. The number of pyridine rings is 1. The van der Waals surface area contributed by atoms with Gasteiger partial charge in [-0.2, -0.15) is 9.61 Å². The minimum absolute atomic E-state index is 0.558. The summed E-state index contributed by atoms with van der Waals surface area (Å²) in [6.45, 7) is 0. The molecule has 0 saturated heterocycles. The van der Waals surface area contributed by atoms with E-state index in [0.29, 0.717) is 33.7 Å². The highest BCUT2D eigenvalue weighted by Crippen LogP contribution is 2.37. The smallest absolute Gasteiger partial charge is 0.234 e. The van der Waals surface area contributed by atoms with E-state index in [0.717, 1.165) is 49.1 Å². The van der Waals surface area contributed by atoms with Gasteiger partial charge in [-0.15, -0.1) is 10.2 Å². The van der Waals surface area contributed by atoms with Gasteiger partial charge in [-0.05, 0) is 60.2 Å². The summed E-state index contributed by atoms with van der Waals surface area (Å²) in [5, 5.41) is 16.6. The summed E-state index contributed by atoms with van der Waals surface area (Å²) in [6.07, 6.45) is 0.595. The summed E-state index contributed by atoms with van der Waals surface area (Å²) in [4.78, 5) is 5.61. The van der Waals surface area contributed by atoms with Gasteiger partial charge >= 0.3 is 0 Å². The third-order valence-corrected chi connectivity index (χ3v) is 8.07. The molecule has 7 nitrogen and oxygen atoms in total. The van der Waals surface area contributed by atoms with Crippen LogP contribution in [0.1, 0.15) is 11.4 Å². The molecule has 4 aromatic heterocycles. The number of nitrogens with zero attached hydrogens (tertiary/aromatic N) is 5. The van der Waals surface area contributed by atoms with Crippen LogP contribution in [0.2, 0.25) is 10.0 Å². The van der Waals surface area contributed by atoms with E-state index in [2.05, 4.69) is 10.2 Å². The average Bonchev–Trinajstić information content (AvgIpc) is 3.72. The van der Waals surface area contributed by atoms with Gasteiger partial charge in [-0.25, -0.2) is 4.98 Å². The molecule has 0 aliphatic heterocycles. The molecule has 3 aromatic carbocycles. The minimum atomic E-state index is 0.558. The van der Waals surface area contributed by atoms with E-state index in [4.69, 9.17) is 42.4 Å². The SMILES string of the molecule is COc1ccc(Cc2nnc3sc(-c4cc(-c5ccc(-c6cc(Cl)ccc6Cl)o5)nc5ccccc45)nn23)cc1. The number of hydrogen-bond acceptors (Lipinski definition) is 7. The van der Waals surface area contributed by atoms with E-state index >= 15 is 0 Å². The molecule has 0 N–H and O–H groups in total. The van der Waals surface area contributed by atoms with Gasteiger partial charge in [0, 0.05) is 28.0 Å². The molecule has 0 amide bonds. The Morgan fingerprint density at radius 1 is 0.875 bits per heavy atom. The van der Waals surface area contributed by atoms with E-state index in [9.17, 15) is 0 Å². The van der Waals surface area contributed by atoms with Crippen LogP contribution in [0.4, 0.5) is 0 Å².